The number of aromatic nitrogens is 2. The maximum atomic E-state index is 12.7. The van der Waals surface area contributed by atoms with Crippen LogP contribution in [0.4, 0.5) is 5.82 Å². The normalized spacial score (nSPS) is 29.6. The van der Waals surface area contributed by atoms with Crippen molar-refractivity contribution in [3.05, 3.63) is 46.9 Å². The Morgan fingerprint density at radius 2 is 1.79 bits per heavy atom. The Bertz CT molecular complexity index is 1010. The predicted molar refractivity (Wildman–Crippen MR) is 127 cm³/mol. The van der Waals surface area contributed by atoms with E-state index in [4.69, 9.17) is 16.3 Å². The monoisotopic (exact) mass is 466 g/mol. The molecule has 4 fully saturated rings. The maximum Gasteiger partial charge on any atom is 0.260 e. The van der Waals surface area contributed by atoms with Gasteiger partial charge in [-0.05, 0) is 92.4 Å². The SMILES string of the molecule is O=C(COc1ccc(Cl)cc1)N1CCc2c(ncnc2NCC23CC4CC(CC(C4)C2)C3)C1. The minimum atomic E-state index is -0.0303. The molecule has 2 aromatic rings. The fourth-order valence-corrected chi connectivity index (χ4v) is 7.39. The van der Waals surface area contributed by atoms with Gasteiger partial charge in [-0.2, -0.15) is 0 Å². The molecule has 1 amide bonds. The Kier molecular flexibility index (Phi) is 5.44. The molecule has 2 heterocycles. The second kappa shape index (κ2) is 8.46. The van der Waals surface area contributed by atoms with Crippen molar-refractivity contribution in [2.24, 2.45) is 23.2 Å². The summed E-state index contributed by atoms with van der Waals surface area (Å²) in [6, 6.07) is 7.06. The Labute approximate surface area is 200 Å². The highest BCUT2D eigenvalue weighted by atomic mass is 35.5. The third-order valence-electron chi connectivity index (χ3n) is 8.33. The lowest BCUT2D eigenvalue weighted by Crippen LogP contribution is -2.49. The number of anilines is 1. The third kappa shape index (κ3) is 4.30. The summed E-state index contributed by atoms with van der Waals surface area (Å²) in [5.41, 5.74) is 2.58. The fraction of sp³-hybridized carbons (Fsp3) is 0.577. The molecule has 6 nitrogen and oxygen atoms in total. The number of fused-ring (bicyclic) bond motifs is 1. The van der Waals surface area contributed by atoms with Crippen molar-refractivity contribution in [3.63, 3.8) is 0 Å². The summed E-state index contributed by atoms with van der Waals surface area (Å²) in [4.78, 5) is 23.7. The molecule has 33 heavy (non-hydrogen) atoms. The number of hydrogen-bond donors (Lipinski definition) is 1. The molecule has 4 aliphatic carbocycles. The van der Waals surface area contributed by atoms with E-state index in [9.17, 15) is 4.79 Å². The number of amides is 1. The molecule has 4 bridgehead atoms. The fourth-order valence-electron chi connectivity index (χ4n) is 7.26. The van der Waals surface area contributed by atoms with Gasteiger partial charge in [-0.3, -0.25) is 4.79 Å². The summed E-state index contributed by atoms with van der Waals surface area (Å²) in [6.07, 6.45) is 11.0. The molecule has 0 saturated heterocycles. The molecule has 7 heteroatoms. The van der Waals surface area contributed by atoms with Crippen LogP contribution in [0.5, 0.6) is 5.75 Å². The second-order valence-electron chi connectivity index (χ2n) is 10.7. The summed E-state index contributed by atoms with van der Waals surface area (Å²) in [7, 11) is 0. The average molecular weight is 467 g/mol. The van der Waals surface area contributed by atoms with Crippen LogP contribution < -0.4 is 10.1 Å². The van der Waals surface area contributed by atoms with Gasteiger partial charge in [-0.1, -0.05) is 11.6 Å². The first-order valence-electron chi connectivity index (χ1n) is 12.3. The van der Waals surface area contributed by atoms with Crippen LogP contribution in [0.25, 0.3) is 0 Å². The third-order valence-corrected chi connectivity index (χ3v) is 8.58. The average Bonchev–Trinajstić information content (AvgIpc) is 2.81. The summed E-state index contributed by atoms with van der Waals surface area (Å²) in [5.74, 6) is 4.44. The summed E-state index contributed by atoms with van der Waals surface area (Å²) in [5, 5.41) is 4.38. The highest BCUT2D eigenvalue weighted by Gasteiger charge is 2.50. The Balaban J connectivity index is 1.08. The van der Waals surface area contributed by atoms with Gasteiger partial charge in [0.15, 0.2) is 6.61 Å². The largest absolute Gasteiger partial charge is 0.484 e. The van der Waals surface area contributed by atoms with Crippen molar-refractivity contribution in [3.8, 4) is 5.75 Å². The van der Waals surface area contributed by atoms with E-state index in [1.807, 2.05) is 4.90 Å². The van der Waals surface area contributed by atoms with Crippen LogP contribution in [0.2, 0.25) is 5.02 Å². The van der Waals surface area contributed by atoms with Crippen LogP contribution in [-0.2, 0) is 17.8 Å². The molecule has 1 aliphatic heterocycles. The van der Waals surface area contributed by atoms with Gasteiger partial charge in [0.05, 0.1) is 12.2 Å². The molecular weight excluding hydrogens is 436 g/mol. The van der Waals surface area contributed by atoms with E-state index in [1.54, 1.807) is 30.6 Å². The van der Waals surface area contributed by atoms with Gasteiger partial charge in [-0.25, -0.2) is 9.97 Å². The first-order chi connectivity index (χ1) is 16.1. The van der Waals surface area contributed by atoms with Gasteiger partial charge in [0, 0.05) is 23.7 Å². The zero-order chi connectivity index (χ0) is 22.4. The van der Waals surface area contributed by atoms with E-state index in [-0.39, 0.29) is 12.5 Å². The molecule has 0 atom stereocenters. The minimum absolute atomic E-state index is 0.0131. The van der Waals surface area contributed by atoms with Gasteiger partial charge in [-0.15, -0.1) is 0 Å². The van der Waals surface area contributed by atoms with Crippen LogP contribution >= 0.6 is 11.6 Å². The van der Waals surface area contributed by atoms with Crippen LogP contribution in [-0.4, -0.2) is 40.5 Å². The van der Waals surface area contributed by atoms with E-state index < -0.39 is 0 Å². The molecule has 0 unspecified atom stereocenters. The van der Waals surface area contributed by atoms with Crippen molar-refractivity contribution in [1.82, 2.24) is 14.9 Å². The number of benzene rings is 1. The quantitative estimate of drug-likeness (QED) is 0.667. The number of nitrogens with one attached hydrogen (secondary N) is 1. The van der Waals surface area contributed by atoms with Crippen molar-refractivity contribution in [2.75, 3.05) is 25.0 Å². The van der Waals surface area contributed by atoms with Gasteiger partial charge < -0.3 is 15.0 Å². The van der Waals surface area contributed by atoms with Crippen LogP contribution in [0, 0.1) is 23.2 Å². The van der Waals surface area contributed by atoms with E-state index in [2.05, 4.69) is 15.3 Å². The number of carbonyl (C=O) groups excluding carboxylic acids is 1. The van der Waals surface area contributed by atoms with Crippen LogP contribution in [0.15, 0.2) is 30.6 Å². The zero-order valence-corrected chi connectivity index (χ0v) is 19.7. The number of ether oxygens (including phenoxy) is 1. The Hall–Kier alpha value is -2.34. The molecule has 1 aromatic carbocycles. The van der Waals surface area contributed by atoms with Crippen molar-refractivity contribution >= 4 is 23.3 Å². The lowest BCUT2D eigenvalue weighted by atomic mass is 9.49. The first-order valence-corrected chi connectivity index (χ1v) is 12.7. The molecule has 1 N–H and O–H groups in total. The van der Waals surface area contributed by atoms with E-state index in [1.165, 1.54) is 44.1 Å². The number of rotatable bonds is 6. The number of nitrogens with zero attached hydrogens (tertiary/aromatic N) is 3. The molecule has 0 spiro atoms. The molecule has 0 radical (unpaired) electrons. The van der Waals surface area contributed by atoms with Crippen LogP contribution in [0.3, 0.4) is 0 Å². The van der Waals surface area contributed by atoms with E-state index in [0.29, 0.717) is 29.3 Å². The molecule has 174 valence electrons. The van der Waals surface area contributed by atoms with Crippen molar-refractivity contribution in [1.29, 1.82) is 0 Å². The number of carbonyl (C=O) groups is 1. The first kappa shape index (κ1) is 21.2. The number of halogens is 1. The standard InChI is InChI=1S/C26H31ClN4O2/c27-20-1-3-21(4-2-20)33-14-24(32)31-6-5-22-23(13-31)29-16-30-25(22)28-15-26-10-17-7-18(11-26)9-19(8-17)12-26/h1-4,16-19H,5-15H2,(H,28,29,30). The van der Waals surface area contributed by atoms with Gasteiger partial charge in [0.25, 0.3) is 5.91 Å². The summed E-state index contributed by atoms with van der Waals surface area (Å²) >= 11 is 5.91. The van der Waals surface area contributed by atoms with Gasteiger partial charge in [0.1, 0.15) is 17.9 Å². The van der Waals surface area contributed by atoms with E-state index >= 15 is 0 Å². The molecule has 1 aromatic heterocycles. The number of hydrogen-bond acceptors (Lipinski definition) is 5. The smallest absolute Gasteiger partial charge is 0.260 e. The lowest BCUT2D eigenvalue weighted by molar-refractivity contribution is -0.134. The van der Waals surface area contributed by atoms with Gasteiger partial charge >= 0.3 is 0 Å². The lowest BCUT2D eigenvalue weighted by Gasteiger charge is -2.57. The highest BCUT2D eigenvalue weighted by molar-refractivity contribution is 6.30. The second-order valence-corrected chi connectivity index (χ2v) is 11.2. The summed E-state index contributed by atoms with van der Waals surface area (Å²) < 4.78 is 5.65. The summed E-state index contributed by atoms with van der Waals surface area (Å²) in [6.45, 7) is 2.21. The van der Waals surface area contributed by atoms with Crippen molar-refractivity contribution < 1.29 is 9.53 Å². The topological polar surface area (TPSA) is 67.3 Å². The highest BCUT2D eigenvalue weighted by Crippen LogP contribution is 2.59. The maximum absolute atomic E-state index is 12.7. The minimum Gasteiger partial charge on any atom is -0.484 e. The molecule has 5 aliphatic rings. The van der Waals surface area contributed by atoms with Crippen LogP contribution in [0.1, 0.15) is 49.8 Å². The Morgan fingerprint density at radius 3 is 2.48 bits per heavy atom. The van der Waals surface area contributed by atoms with Crippen molar-refractivity contribution in [2.45, 2.75) is 51.5 Å². The Morgan fingerprint density at radius 1 is 1.09 bits per heavy atom. The zero-order valence-electron chi connectivity index (χ0n) is 18.9. The predicted octanol–water partition coefficient (Wildman–Crippen LogP) is 4.72. The molecule has 7 rings (SSSR count). The molecule has 4 saturated carbocycles. The van der Waals surface area contributed by atoms with E-state index in [0.717, 1.165) is 42.2 Å². The van der Waals surface area contributed by atoms with Gasteiger partial charge in [0.2, 0.25) is 0 Å². The molecular formula is C26H31ClN4O2.